The van der Waals surface area contributed by atoms with Gasteiger partial charge >= 0.3 is 12.0 Å². The van der Waals surface area contributed by atoms with Gasteiger partial charge in [-0.1, -0.05) is 0 Å². The summed E-state index contributed by atoms with van der Waals surface area (Å²) in [6.07, 6.45) is 2.21. The molecule has 0 aliphatic carbocycles. The summed E-state index contributed by atoms with van der Waals surface area (Å²) in [6, 6.07) is 3.23. The van der Waals surface area contributed by atoms with E-state index < -0.39 is 11.9 Å². The monoisotopic (exact) mass is 353 g/mol. The Bertz CT molecular complexity index is 716. The molecular weight excluding hydrogens is 342 g/mol. The van der Waals surface area contributed by atoms with Crippen LogP contribution in [-0.2, 0) is 4.79 Å². The highest BCUT2D eigenvalue weighted by Gasteiger charge is 2.31. The molecule has 8 nitrogen and oxygen atoms in total. The largest absolute Gasteiger partial charge is 0.481 e. The van der Waals surface area contributed by atoms with E-state index in [2.05, 4.69) is 31.4 Å². The maximum atomic E-state index is 12.1. The number of likely N-dealkylation sites (tertiary alicyclic amines) is 1. The number of hydrogen-bond acceptors (Lipinski definition) is 4. The number of amides is 2. The Morgan fingerprint density at radius 1 is 1.38 bits per heavy atom. The second-order valence-electron chi connectivity index (χ2n) is 4.80. The van der Waals surface area contributed by atoms with Gasteiger partial charge in [0.1, 0.15) is 0 Å². The fourth-order valence-electron chi connectivity index (χ4n) is 2.27. The fraction of sp³-hybridized carbons (Fsp3) is 0.333. The van der Waals surface area contributed by atoms with Crippen molar-refractivity contribution in [3.63, 3.8) is 0 Å². The summed E-state index contributed by atoms with van der Waals surface area (Å²) in [5, 5.41) is 19.5. The van der Waals surface area contributed by atoms with E-state index >= 15 is 0 Å². The van der Waals surface area contributed by atoms with Gasteiger partial charge < -0.3 is 10.0 Å². The molecule has 0 aromatic carbocycles. The molecule has 2 N–H and O–H groups in total. The lowest BCUT2D eigenvalue weighted by Crippen LogP contribution is -2.34. The smallest absolute Gasteiger partial charge is 0.324 e. The number of carboxylic acid groups (broad SMARTS) is 1. The van der Waals surface area contributed by atoms with Crippen molar-refractivity contribution in [3.8, 4) is 0 Å². The number of fused-ring (bicyclic) bond motifs is 1. The maximum Gasteiger partial charge on any atom is 0.324 e. The molecule has 110 valence electrons. The summed E-state index contributed by atoms with van der Waals surface area (Å²) in [5.74, 6) is -1.07. The highest BCUT2D eigenvalue weighted by atomic mass is 79.9. The number of halogens is 1. The summed E-state index contributed by atoms with van der Waals surface area (Å²) in [6.45, 7) is 0.630. The first kappa shape index (κ1) is 13.8. The Balaban J connectivity index is 1.75. The number of carbonyl (C=O) groups is 2. The van der Waals surface area contributed by atoms with Gasteiger partial charge in [-0.05, 0) is 34.5 Å². The molecule has 0 saturated carbocycles. The van der Waals surface area contributed by atoms with E-state index in [1.54, 1.807) is 16.7 Å². The van der Waals surface area contributed by atoms with Gasteiger partial charge in [0.2, 0.25) is 5.95 Å². The van der Waals surface area contributed by atoms with Gasteiger partial charge in [0, 0.05) is 23.8 Å². The fourth-order valence-corrected chi connectivity index (χ4v) is 2.61. The molecule has 0 bridgehead atoms. The van der Waals surface area contributed by atoms with Gasteiger partial charge in [-0.15, -0.1) is 10.2 Å². The number of pyridine rings is 1. The van der Waals surface area contributed by atoms with Crippen LogP contribution in [0.25, 0.3) is 5.65 Å². The number of hydrogen-bond donors (Lipinski definition) is 2. The maximum absolute atomic E-state index is 12.1. The van der Waals surface area contributed by atoms with E-state index in [1.165, 1.54) is 4.90 Å². The van der Waals surface area contributed by atoms with Crippen LogP contribution in [0.1, 0.15) is 6.42 Å². The summed E-state index contributed by atoms with van der Waals surface area (Å²) < 4.78 is 2.48. The third-order valence-corrected chi connectivity index (χ3v) is 3.88. The molecule has 1 unspecified atom stereocenters. The van der Waals surface area contributed by atoms with Crippen LogP contribution >= 0.6 is 15.9 Å². The molecule has 21 heavy (non-hydrogen) atoms. The van der Waals surface area contributed by atoms with Crippen molar-refractivity contribution in [2.24, 2.45) is 5.92 Å². The summed E-state index contributed by atoms with van der Waals surface area (Å²) in [4.78, 5) is 24.5. The minimum atomic E-state index is -0.873. The van der Waals surface area contributed by atoms with Gasteiger partial charge in [-0.3, -0.25) is 14.5 Å². The van der Waals surface area contributed by atoms with Crippen LogP contribution < -0.4 is 5.32 Å². The standard InChI is InChI=1S/C12H12BrN5O3/c13-8-1-2-9-15-16-11(18(9)6-8)14-12(21)17-4-3-7(5-17)10(19)20/h1-2,6-7H,3-5H2,(H,19,20)(H,14,16,21). The molecular formula is C12H12BrN5O3. The molecule has 1 aliphatic heterocycles. The van der Waals surface area contributed by atoms with Crippen molar-refractivity contribution in [3.05, 3.63) is 22.8 Å². The molecule has 2 amide bonds. The van der Waals surface area contributed by atoms with Crippen LogP contribution in [0.2, 0.25) is 0 Å². The summed E-state index contributed by atoms with van der Waals surface area (Å²) >= 11 is 3.34. The third-order valence-electron chi connectivity index (χ3n) is 3.41. The van der Waals surface area contributed by atoms with Crippen LogP contribution in [0.4, 0.5) is 10.7 Å². The molecule has 2 aromatic heterocycles. The van der Waals surface area contributed by atoms with Crippen molar-refractivity contribution in [1.82, 2.24) is 19.5 Å². The minimum absolute atomic E-state index is 0.210. The number of rotatable bonds is 2. The molecule has 2 aromatic rings. The number of aromatic nitrogens is 3. The molecule has 9 heteroatoms. The lowest BCUT2D eigenvalue weighted by Gasteiger charge is -2.15. The van der Waals surface area contributed by atoms with Crippen LogP contribution in [0.3, 0.4) is 0 Å². The van der Waals surface area contributed by atoms with Crippen molar-refractivity contribution in [1.29, 1.82) is 0 Å². The van der Waals surface area contributed by atoms with E-state index in [0.29, 0.717) is 24.6 Å². The zero-order valence-electron chi connectivity index (χ0n) is 10.9. The van der Waals surface area contributed by atoms with Crippen LogP contribution in [0.5, 0.6) is 0 Å². The molecule has 3 rings (SSSR count). The normalized spacial score (nSPS) is 18.1. The Morgan fingerprint density at radius 3 is 2.90 bits per heavy atom. The Hall–Kier alpha value is -2.16. The van der Waals surface area contributed by atoms with Gasteiger partial charge in [0.15, 0.2) is 5.65 Å². The topological polar surface area (TPSA) is 99.8 Å². The highest BCUT2D eigenvalue weighted by Crippen LogP contribution is 2.18. The van der Waals surface area contributed by atoms with E-state index in [-0.39, 0.29) is 12.6 Å². The van der Waals surface area contributed by atoms with E-state index in [0.717, 1.165) is 4.47 Å². The van der Waals surface area contributed by atoms with Crippen LogP contribution in [-0.4, -0.2) is 49.7 Å². The predicted octanol–water partition coefficient (Wildman–Crippen LogP) is 1.43. The van der Waals surface area contributed by atoms with Gasteiger partial charge in [0.05, 0.1) is 5.92 Å². The van der Waals surface area contributed by atoms with Gasteiger partial charge in [-0.25, -0.2) is 4.79 Å². The quantitative estimate of drug-likeness (QED) is 0.850. The number of carbonyl (C=O) groups excluding carboxylic acids is 1. The zero-order valence-corrected chi connectivity index (χ0v) is 12.4. The van der Waals surface area contributed by atoms with Crippen molar-refractivity contribution in [2.75, 3.05) is 18.4 Å². The summed E-state index contributed by atoms with van der Waals surface area (Å²) in [5.41, 5.74) is 0.610. The average molecular weight is 354 g/mol. The molecule has 0 spiro atoms. The predicted molar refractivity (Wildman–Crippen MR) is 77.0 cm³/mol. The number of urea groups is 1. The second kappa shape index (κ2) is 5.32. The first-order valence-corrected chi connectivity index (χ1v) is 7.13. The second-order valence-corrected chi connectivity index (χ2v) is 5.71. The lowest BCUT2D eigenvalue weighted by molar-refractivity contribution is -0.141. The Labute approximate surface area is 127 Å². The van der Waals surface area contributed by atoms with E-state index in [1.807, 2.05) is 6.07 Å². The van der Waals surface area contributed by atoms with E-state index in [9.17, 15) is 9.59 Å². The molecule has 0 radical (unpaired) electrons. The zero-order chi connectivity index (χ0) is 15.0. The Morgan fingerprint density at radius 2 is 2.19 bits per heavy atom. The lowest BCUT2D eigenvalue weighted by atomic mass is 10.1. The number of carboxylic acids is 1. The minimum Gasteiger partial charge on any atom is -0.481 e. The van der Waals surface area contributed by atoms with Crippen molar-refractivity contribution in [2.45, 2.75) is 6.42 Å². The van der Waals surface area contributed by atoms with Crippen LogP contribution in [0.15, 0.2) is 22.8 Å². The average Bonchev–Trinajstić information content (AvgIpc) is 3.06. The first-order chi connectivity index (χ1) is 10.0. The van der Waals surface area contributed by atoms with Crippen molar-refractivity contribution >= 4 is 39.5 Å². The molecule has 1 atom stereocenters. The molecule has 1 aliphatic rings. The first-order valence-electron chi connectivity index (χ1n) is 6.33. The SMILES string of the molecule is O=C(O)C1CCN(C(=O)Nc2nnc3ccc(Br)cn23)C1. The molecule has 3 heterocycles. The highest BCUT2D eigenvalue weighted by molar-refractivity contribution is 9.10. The number of nitrogens with zero attached hydrogens (tertiary/aromatic N) is 4. The molecule has 1 fully saturated rings. The van der Waals surface area contributed by atoms with Gasteiger partial charge in [-0.2, -0.15) is 0 Å². The number of nitrogens with one attached hydrogen (secondary N) is 1. The van der Waals surface area contributed by atoms with Crippen LogP contribution in [0, 0.1) is 5.92 Å². The number of anilines is 1. The van der Waals surface area contributed by atoms with E-state index in [4.69, 9.17) is 5.11 Å². The Kier molecular flexibility index (Phi) is 3.50. The number of aliphatic carboxylic acids is 1. The summed E-state index contributed by atoms with van der Waals surface area (Å²) in [7, 11) is 0. The third kappa shape index (κ3) is 2.68. The molecule has 1 saturated heterocycles. The van der Waals surface area contributed by atoms with Crippen molar-refractivity contribution < 1.29 is 14.7 Å². The van der Waals surface area contributed by atoms with Gasteiger partial charge in [0.25, 0.3) is 0 Å².